The molecule has 0 fully saturated rings. The molecule has 0 radical (unpaired) electrons. The van der Waals surface area contributed by atoms with Gasteiger partial charge in [0.05, 0.1) is 38.2 Å². The van der Waals surface area contributed by atoms with Gasteiger partial charge in [0.15, 0.2) is 11.6 Å². The first-order valence-corrected chi connectivity index (χ1v) is 12.1. The Balaban J connectivity index is 2.97. The van der Waals surface area contributed by atoms with Gasteiger partial charge in [0.25, 0.3) is 0 Å². The molecular weight excluding hydrogens is 536 g/mol. The lowest BCUT2D eigenvalue weighted by atomic mass is 10.00. The average molecular weight is 548 g/mol. The molecule has 1 aromatic rings. The molecule has 0 aliphatic heterocycles. The van der Waals surface area contributed by atoms with Crippen LogP contribution in [0.25, 0.3) is 0 Å². The molecule has 0 spiro atoms. The summed E-state index contributed by atoms with van der Waals surface area (Å²) < 4.78 is 43.4. The lowest BCUT2D eigenvalue weighted by molar-refractivity contribution is 0.259. The topological polar surface area (TPSA) is 27.7 Å². The van der Waals surface area contributed by atoms with Gasteiger partial charge < -0.3 is 13.1 Å². The third kappa shape index (κ3) is 5.63. The third-order valence-electron chi connectivity index (χ3n) is 2.44. The Kier molecular flexibility index (Phi) is 10.1. The van der Waals surface area contributed by atoms with E-state index in [4.69, 9.17) is 13.1 Å². The summed E-state index contributed by atoms with van der Waals surface area (Å²) in [7, 11) is 2.29. The highest BCUT2D eigenvalue weighted by Crippen LogP contribution is 2.30. The second-order valence-electron chi connectivity index (χ2n) is 3.61. The van der Waals surface area contributed by atoms with Crippen LogP contribution in [0.4, 0.5) is 8.78 Å². The summed E-state index contributed by atoms with van der Waals surface area (Å²) in [5, 5.41) is 0. The molecule has 0 saturated heterocycles. The highest BCUT2D eigenvalue weighted by molar-refractivity contribution is 14.2. The molecule has 114 valence electrons. The van der Waals surface area contributed by atoms with E-state index in [2.05, 4.69) is 0 Å². The molecule has 20 heavy (non-hydrogen) atoms. The second kappa shape index (κ2) is 10.6. The SMILES string of the molecule is CCOc1ccc(C(COSI)COSI)c(F)c1F. The Morgan fingerprint density at radius 1 is 1.10 bits per heavy atom. The van der Waals surface area contributed by atoms with E-state index >= 15 is 0 Å². The van der Waals surface area contributed by atoms with Crippen LogP contribution >= 0.6 is 60.8 Å². The maximum atomic E-state index is 14.1. The Hall–Kier alpha value is 0.960. The molecule has 0 N–H and O–H groups in total. The minimum Gasteiger partial charge on any atom is -0.491 e. The lowest BCUT2D eigenvalue weighted by Gasteiger charge is -2.17. The van der Waals surface area contributed by atoms with Crippen molar-refractivity contribution in [3.63, 3.8) is 0 Å². The van der Waals surface area contributed by atoms with Crippen molar-refractivity contribution in [3.8, 4) is 5.75 Å². The predicted octanol–water partition coefficient (Wildman–Crippen LogP) is 5.48. The van der Waals surface area contributed by atoms with Gasteiger partial charge in [0, 0.05) is 48.3 Å². The summed E-state index contributed by atoms with van der Waals surface area (Å²) >= 11 is 3.94. The summed E-state index contributed by atoms with van der Waals surface area (Å²) in [5.74, 6) is -2.35. The summed E-state index contributed by atoms with van der Waals surface area (Å²) in [5.41, 5.74) is 0.224. The van der Waals surface area contributed by atoms with Crippen molar-refractivity contribution in [3.05, 3.63) is 29.3 Å². The Labute approximate surface area is 149 Å². The first-order chi connectivity index (χ1) is 9.65. The number of halogens is 4. The van der Waals surface area contributed by atoms with Crippen LogP contribution in [0, 0.1) is 11.6 Å². The standard InChI is InChI=1S/C11H12F2I2O3S2/c1-2-16-9-4-3-8(10(12)11(9)13)7(5-17-19-14)6-18-20-15/h3-4,7H,2,5-6H2,1H3. The van der Waals surface area contributed by atoms with E-state index < -0.39 is 11.6 Å². The molecule has 9 heteroatoms. The summed E-state index contributed by atoms with van der Waals surface area (Å²) in [6, 6.07) is 2.94. The molecule has 3 nitrogen and oxygen atoms in total. The number of hydrogen-bond donors (Lipinski definition) is 0. The van der Waals surface area contributed by atoms with Gasteiger partial charge in [-0.05, 0) is 18.6 Å². The van der Waals surface area contributed by atoms with Crippen LogP contribution in [-0.4, -0.2) is 19.8 Å². The van der Waals surface area contributed by atoms with E-state index in [1.54, 1.807) is 6.92 Å². The van der Waals surface area contributed by atoms with Crippen molar-refractivity contribution >= 4 is 60.8 Å². The van der Waals surface area contributed by atoms with Gasteiger partial charge in [0.1, 0.15) is 0 Å². The fraction of sp³-hybridized carbons (Fsp3) is 0.455. The largest absolute Gasteiger partial charge is 0.491 e. The van der Waals surface area contributed by atoms with Gasteiger partial charge in [-0.25, -0.2) is 4.39 Å². The van der Waals surface area contributed by atoms with Crippen molar-refractivity contribution in [2.75, 3.05) is 19.8 Å². The number of ether oxygens (including phenoxy) is 1. The predicted molar refractivity (Wildman–Crippen MR) is 95.4 cm³/mol. The molecule has 0 aromatic heterocycles. The van der Waals surface area contributed by atoms with Gasteiger partial charge in [-0.1, -0.05) is 6.07 Å². The average Bonchev–Trinajstić information content (AvgIpc) is 2.45. The van der Waals surface area contributed by atoms with Crippen LogP contribution < -0.4 is 4.74 Å². The van der Waals surface area contributed by atoms with E-state index in [1.165, 1.54) is 12.1 Å². The third-order valence-corrected chi connectivity index (χ3v) is 4.42. The fourth-order valence-electron chi connectivity index (χ4n) is 1.57. The normalized spacial score (nSPS) is 11.1. The van der Waals surface area contributed by atoms with E-state index in [0.717, 1.165) is 18.4 Å². The van der Waals surface area contributed by atoms with Gasteiger partial charge in [-0.2, -0.15) is 4.39 Å². The summed E-state index contributed by atoms with van der Waals surface area (Å²) in [6.45, 7) is 2.46. The molecule has 0 bridgehead atoms. The molecule has 1 rings (SSSR count). The zero-order valence-electron chi connectivity index (χ0n) is 10.4. The van der Waals surface area contributed by atoms with Crippen LogP contribution in [0.2, 0.25) is 0 Å². The quantitative estimate of drug-likeness (QED) is 0.302. The highest BCUT2D eigenvalue weighted by atomic mass is 127. The number of benzene rings is 1. The van der Waals surface area contributed by atoms with Crippen molar-refractivity contribution in [2.24, 2.45) is 0 Å². The maximum absolute atomic E-state index is 14.1. The Bertz CT molecular complexity index is 419. The van der Waals surface area contributed by atoms with E-state index in [-0.39, 0.29) is 37.1 Å². The van der Waals surface area contributed by atoms with Crippen LogP contribution in [0.15, 0.2) is 12.1 Å². The van der Waals surface area contributed by atoms with Crippen LogP contribution in [-0.2, 0) is 8.37 Å². The fourth-order valence-corrected chi connectivity index (χ4v) is 2.88. The number of rotatable bonds is 9. The molecule has 0 aliphatic carbocycles. The minimum atomic E-state index is -0.974. The molecule has 1 aromatic carbocycles. The molecule has 0 heterocycles. The molecule has 0 atom stereocenters. The lowest BCUT2D eigenvalue weighted by Crippen LogP contribution is -2.14. The maximum Gasteiger partial charge on any atom is 0.200 e. The van der Waals surface area contributed by atoms with Gasteiger partial charge in [-0.3, -0.25) is 0 Å². The Morgan fingerprint density at radius 3 is 2.20 bits per heavy atom. The van der Waals surface area contributed by atoms with Crippen molar-refractivity contribution in [1.82, 2.24) is 0 Å². The zero-order valence-corrected chi connectivity index (χ0v) is 16.4. The van der Waals surface area contributed by atoms with Gasteiger partial charge in [0.2, 0.25) is 5.82 Å². The molecule has 0 amide bonds. The van der Waals surface area contributed by atoms with Crippen LogP contribution in [0.3, 0.4) is 0 Å². The van der Waals surface area contributed by atoms with E-state index in [1.807, 2.05) is 42.4 Å². The molecule has 0 unspecified atom stereocenters. The van der Waals surface area contributed by atoms with E-state index in [0.29, 0.717) is 0 Å². The van der Waals surface area contributed by atoms with Gasteiger partial charge in [-0.15, -0.1) is 0 Å². The second-order valence-corrected chi connectivity index (χ2v) is 6.49. The molecule has 0 saturated carbocycles. The smallest absolute Gasteiger partial charge is 0.200 e. The summed E-state index contributed by atoms with van der Waals surface area (Å²) in [6.07, 6.45) is 0. The van der Waals surface area contributed by atoms with Gasteiger partial charge >= 0.3 is 0 Å². The van der Waals surface area contributed by atoms with Crippen molar-refractivity contribution in [1.29, 1.82) is 0 Å². The Morgan fingerprint density at radius 2 is 1.70 bits per heavy atom. The number of hydrogen-bond acceptors (Lipinski definition) is 5. The first-order valence-electron chi connectivity index (χ1n) is 5.56. The summed E-state index contributed by atoms with van der Waals surface area (Å²) in [4.78, 5) is 0. The van der Waals surface area contributed by atoms with Crippen molar-refractivity contribution < 1.29 is 21.9 Å². The zero-order chi connectivity index (χ0) is 15.0. The molecule has 0 aliphatic rings. The highest BCUT2D eigenvalue weighted by Gasteiger charge is 2.22. The van der Waals surface area contributed by atoms with Crippen LogP contribution in [0.5, 0.6) is 5.75 Å². The molecular formula is C11H12F2I2O3S2. The first kappa shape index (κ1) is 19.0. The minimum absolute atomic E-state index is 0.0825. The van der Waals surface area contributed by atoms with E-state index in [9.17, 15) is 8.78 Å². The van der Waals surface area contributed by atoms with Crippen molar-refractivity contribution in [2.45, 2.75) is 12.8 Å². The monoisotopic (exact) mass is 548 g/mol. The van der Waals surface area contributed by atoms with Crippen LogP contribution in [0.1, 0.15) is 18.4 Å².